The van der Waals surface area contributed by atoms with E-state index in [9.17, 15) is 4.79 Å². The molecule has 1 amide bonds. The first kappa shape index (κ1) is 15.4. The lowest BCUT2D eigenvalue weighted by Gasteiger charge is -2.07. The Bertz CT molecular complexity index is 967. The molecule has 0 unspecified atom stereocenters. The van der Waals surface area contributed by atoms with Gasteiger partial charge in [-0.1, -0.05) is 41.4 Å². The van der Waals surface area contributed by atoms with Gasteiger partial charge in [-0.05, 0) is 35.5 Å². The van der Waals surface area contributed by atoms with Crippen LogP contribution in [0.5, 0.6) is 0 Å². The fourth-order valence-corrected chi connectivity index (χ4v) is 2.38. The lowest BCUT2D eigenvalue weighted by atomic mass is 10.1. The Balaban J connectivity index is 2.01. The number of amides is 1. The van der Waals surface area contributed by atoms with Crippen molar-refractivity contribution in [2.75, 3.05) is 5.32 Å². The average molecular weight is 349 g/mol. The number of para-hydroxylation sites is 1. The molecule has 7 heteroatoms. The number of nitrogens with zero attached hydrogens (tertiary/aromatic N) is 1. The van der Waals surface area contributed by atoms with Crippen molar-refractivity contribution in [3.05, 3.63) is 69.7 Å². The van der Waals surface area contributed by atoms with Gasteiger partial charge >= 0.3 is 0 Å². The molecule has 2 N–H and O–H groups in total. The molecule has 0 spiro atoms. The maximum absolute atomic E-state index is 12.4. The predicted octanol–water partition coefficient (Wildman–Crippen LogP) is 4.28. The van der Waals surface area contributed by atoms with E-state index >= 15 is 0 Å². The van der Waals surface area contributed by atoms with Crippen molar-refractivity contribution in [1.29, 1.82) is 0 Å². The summed E-state index contributed by atoms with van der Waals surface area (Å²) in [6.45, 7) is 0. The average Bonchev–Trinajstić information content (AvgIpc) is 2.57. The summed E-state index contributed by atoms with van der Waals surface area (Å²) in [5.41, 5.74) is 0.881. The molecule has 1 aromatic heterocycles. The molecule has 1 heterocycles. The highest BCUT2D eigenvalue weighted by Gasteiger charge is 2.13. The monoisotopic (exact) mass is 348 g/mol. The molecule has 2 aromatic carbocycles. The fraction of sp³-hybridized carbons (Fsp3) is 0. The molecule has 0 atom stereocenters. The number of nitrogens with one attached hydrogen (secondary N) is 1. The smallest absolute Gasteiger partial charge is 0.268 e. The van der Waals surface area contributed by atoms with E-state index in [2.05, 4.69) is 10.5 Å². The zero-order chi connectivity index (χ0) is 16.4. The third kappa shape index (κ3) is 3.16. The third-order valence-corrected chi connectivity index (χ3v) is 3.91. The Labute approximate surface area is 140 Å². The highest BCUT2D eigenvalue weighted by atomic mass is 35.5. The minimum atomic E-state index is -0.495. The van der Waals surface area contributed by atoms with Gasteiger partial charge in [0.25, 0.3) is 11.5 Å². The summed E-state index contributed by atoms with van der Waals surface area (Å²) >= 11 is 11.8. The Morgan fingerprint density at radius 1 is 1.09 bits per heavy atom. The minimum Gasteiger partial charge on any atom is -0.435 e. The summed E-state index contributed by atoms with van der Waals surface area (Å²) < 4.78 is 5.42. The Hall–Kier alpha value is -2.50. The van der Waals surface area contributed by atoms with E-state index in [0.717, 1.165) is 0 Å². The van der Waals surface area contributed by atoms with Crippen LogP contribution in [-0.4, -0.2) is 11.1 Å². The molecule has 0 aliphatic heterocycles. The Morgan fingerprint density at radius 2 is 1.87 bits per heavy atom. The number of hydrogen-bond acceptors (Lipinski definition) is 4. The molecule has 5 nitrogen and oxygen atoms in total. The lowest BCUT2D eigenvalue weighted by molar-refractivity contribution is 0.102. The second-order valence-corrected chi connectivity index (χ2v) is 5.50. The van der Waals surface area contributed by atoms with Crippen molar-refractivity contribution in [3.63, 3.8) is 0 Å². The summed E-state index contributed by atoms with van der Waals surface area (Å²) in [6, 6.07) is 13.4. The summed E-state index contributed by atoms with van der Waals surface area (Å²) in [4.78, 5) is 12.4. The second-order valence-electron chi connectivity index (χ2n) is 4.69. The minimum absolute atomic E-state index is 0.0947. The van der Waals surface area contributed by atoms with Crippen LogP contribution in [0.3, 0.4) is 0 Å². The summed E-state index contributed by atoms with van der Waals surface area (Å²) in [7, 11) is 0. The third-order valence-electron chi connectivity index (χ3n) is 3.17. The van der Waals surface area contributed by atoms with Crippen LogP contribution >= 0.6 is 23.2 Å². The van der Waals surface area contributed by atoms with Gasteiger partial charge in [-0.15, -0.1) is 0 Å². The van der Waals surface area contributed by atoms with Gasteiger partial charge in [-0.3, -0.25) is 4.79 Å². The topological polar surface area (TPSA) is 74.8 Å². The van der Waals surface area contributed by atoms with Gasteiger partial charge in [-0.25, -0.2) is 0 Å². The molecular formula is C16H10Cl2N2O3. The van der Waals surface area contributed by atoms with Gasteiger partial charge in [0, 0.05) is 11.1 Å². The number of carbonyl (C=O) groups excluding carboxylic acids is 1. The van der Waals surface area contributed by atoms with Gasteiger partial charge in [0.1, 0.15) is 11.1 Å². The molecule has 0 radical (unpaired) electrons. The van der Waals surface area contributed by atoms with Crippen LogP contribution in [0.2, 0.25) is 10.0 Å². The number of hydrogen-bond donors (Lipinski definition) is 2. The molecule has 23 heavy (non-hydrogen) atoms. The first-order valence-corrected chi connectivity index (χ1v) is 7.31. The number of halogens is 2. The maximum Gasteiger partial charge on any atom is 0.268 e. The van der Waals surface area contributed by atoms with Crippen molar-refractivity contribution in [2.45, 2.75) is 0 Å². The summed E-state index contributed by atoms with van der Waals surface area (Å²) in [5.74, 6) is -0.495. The predicted molar refractivity (Wildman–Crippen MR) is 88.0 cm³/mol. The maximum atomic E-state index is 12.4. The zero-order valence-electron chi connectivity index (χ0n) is 11.6. The van der Waals surface area contributed by atoms with E-state index in [1.54, 1.807) is 36.4 Å². The molecular weight excluding hydrogens is 339 g/mol. The molecule has 0 fully saturated rings. The van der Waals surface area contributed by atoms with Crippen molar-refractivity contribution in [1.82, 2.24) is 0 Å². The number of rotatable bonds is 2. The first-order chi connectivity index (χ1) is 11.1. The normalized spacial score (nSPS) is 11.7. The molecule has 0 bridgehead atoms. The SMILES string of the molecule is O=C(Nc1ccc(Cl)c(Cl)c1)c1cc2ccccc2oc1=NO. The van der Waals surface area contributed by atoms with Crippen LogP contribution in [0.25, 0.3) is 11.0 Å². The van der Waals surface area contributed by atoms with Crippen molar-refractivity contribution in [2.24, 2.45) is 5.16 Å². The van der Waals surface area contributed by atoms with Crippen LogP contribution in [-0.2, 0) is 0 Å². The van der Waals surface area contributed by atoms with Gasteiger partial charge in [0.2, 0.25) is 0 Å². The molecule has 0 saturated heterocycles. The standard InChI is InChI=1S/C16H10Cl2N2O3/c17-12-6-5-10(8-13(12)18)19-15(21)11-7-9-3-1-2-4-14(9)23-16(11)20-22/h1-8,22H,(H,19,21). The number of benzene rings is 2. The van der Waals surface area contributed by atoms with E-state index in [-0.39, 0.29) is 11.1 Å². The molecule has 3 rings (SSSR count). The zero-order valence-corrected chi connectivity index (χ0v) is 13.1. The van der Waals surface area contributed by atoms with Crippen LogP contribution in [0, 0.1) is 0 Å². The molecule has 0 saturated carbocycles. The quantitative estimate of drug-likeness (QED) is 0.536. The van der Waals surface area contributed by atoms with E-state index in [1.165, 1.54) is 6.07 Å². The van der Waals surface area contributed by atoms with E-state index in [4.69, 9.17) is 32.8 Å². The van der Waals surface area contributed by atoms with E-state index in [0.29, 0.717) is 26.7 Å². The van der Waals surface area contributed by atoms with Crippen molar-refractivity contribution in [3.8, 4) is 0 Å². The van der Waals surface area contributed by atoms with Crippen LogP contribution < -0.4 is 10.9 Å². The lowest BCUT2D eigenvalue weighted by Crippen LogP contribution is -2.21. The Morgan fingerprint density at radius 3 is 2.61 bits per heavy atom. The number of anilines is 1. The highest BCUT2D eigenvalue weighted by molar-refractivity contribution is 6.42. The number of carbonyl (C=O) groups is 1. The van der Waals surface area contributed by atoms with E-state index < -0.39 is 5.91 Å². The number of fused-ring (bicyclic) bond motifs is 1. The molecule has 0 aliphatic carbocycles. The van der Waals surface area contributed by atoms with Gasteiger partial charge < -0.3 is 14.9 Å². The largest absolute Gasteiger partial charge is 0.435 e. The van der Waals surface area contributed by atoms with Crippen LogP contribution in [0.4, 0.5) is 5.69 Å². The van der Waals surface area contributed by atoms with Gasteiger partial charge in [0.05, 0.1) is 10.0 Å². The molecule has 116 valence electrons. The van der Waals surface area contributed by atoms with Crippen molar-refractivity contribution >= 4 is 45.8 Å². The summed E-state index contributed by atoms with van der Waals surface area (Å²) in [5, 5.41) is 16.2. The summed E-state index contributed by atoms with van der Waals surface area (Å²) in [6.07, 6.45) is 0. The second kappa shape index (κ2) is 6.32. The molecule has 3 aromatic rings. The van der Waals surface area contributed by atoms with Crippen molar-refractivity contribution < 1.29 is 14.4 Å². The van der Waals surface area contributed by atoms with Crippen LogP contribution in [0.15, 0.2) is 58.1 Å². The van der Waals surface area contributed by atoms with E-state index in [1.807, 2.05) is 6.07 Å². The van der Waals surface area contributed by atoms with Crippen LogP contribution in [0.1, 0.15) is 10.4 Å². The molecule has 0 aliphatic rings. The Kier molecular flexibility index (Phi) is 4.23. The fourth-order valence-electron chi connectivity index (χ4n) is 2.08. The van der Waals surface area contributed by atoms with Gasteiger partial charge in [0.15, 0.2) is 0 Å². The highest BCUT2D eigenvalue weighted by Crippen LogP contribution is 2.25. The van der Waals surface area contributed by atoms with Gasteiger partial charge in [-0.2, -0.15) is 0 Å². The first-order valence-electron chi connectivity index (χ1n) is 6.56.